The molecule has 21 heavy (non-hydrogen) atoms. The van der Waals surface area contributed by atoms with Crippen LogP contribution in [0.4, 0.5) is 17.2 Å². The number of aromatic carboxylic acids is 1. The second-order valence-electron chi connectivity index (χ2n) is 4.52. The quantitative estimate of drug-likeness (QED) is 0.686. The molecule has 0 amide bonds. The second kappa shape index (κ2) is 5.58. The smallest absolute Gasteiger partial charge is 0.339 e. The molecule has 0 atom stereocenters. The number of anilines is 2. The Morgan fingerprint density at radius 1 is 1.38 bits per heavy atom. The molecule has 2 aromatic rings. The van der Waals surface area contributed by atoms with Crippen LogP contribution in [0.15, 0.2) is 36.5 Å². The number of pyridine rings is 1. The van der Waals surface area contributed by atoms with Gasteiger partial charge in [0.05, 0.1) is 4.92 Å². The number of hydrogen-bond donors (Lipinski definition) is 1. The van der Waals surface area contributed by atoms with Gasteiger partial charge in [-0.1, -0.05) is 12.1 Å². The van der Waals surface area contributed by atoms with Gasteiger partial charge in [0.1, 0.15) is 17.6 Å². The molecule has 0 radical (unpaired) electrons. The number of carboxylic acid groups (broad SMARTS) is 1. The van der Waals surface area contributed by atoms with Gasteiger partial charge in [-0.15, -0.1) is 0 Å². The number of nitrogens with zero attached hydrogens (tertiary/aromatic N) is 3. The monoisotopic (exact) mass is 287 g/mol. The van der Waals surface area contributed by atoms with Crippen molar-refractivity contribution in [1.82, 2.24) is 4.98 Å². The summed E-state index contributed by atoms with van der Waals surface area (Å²) in [7, 11) is 1.66. The minimum absolute atomic E-state index is 0.152. The Morgan fingerprint density at radius 2 is 2.10 bits per heavy atom. The number of carboxylic acids is 1. The minimum Gasteiger partial charge on any atom is -0.478 e. The molecular formula is C14H13N3O4. The highest BCUT2D eigenvalue weighted by Crippen LogP contribution is 2.28. The van der Waals surface area contributed by atoms with Gasteiger partial charge in [0.2, 0.25) is 0 Å². The molecule has 1 heterocycles. The van der Waals surface area contributed by atoms with Gasteiger partial charge in [-0.05, 0) is 24.6 Å². The number of aromatic nitrogens is 1. The predicted octanol–water partition coefficient (Wildman–Crippen LogP) is 2.76. The third kappa shape index (κ3) is 2.97. The Bertz CT molecular complexity index is 715. The van der Waals surface area contributed by atoms with Gasteiger partial charge in [0.25, 0.3) is 5.69 Å². The van der Waals surface area contributed by atoms with Crippen LogP contribution >= 0.6 is 0 Å². The molecule has 0 unspecified atom stereocenters. The van der Waals surface area contributed by atoms with Gasteiger partial charge in [0, 0.05) is 18.8 Å². The molecule has 0 aliphatic carbocycles. The van der Waals surface area contributed by atoms with Crippen LogP contribution in [0.2, 0.25) is 0 Å². The van der Waals surface area contributed by atoms with E-state index in [9.17, 15) is 20.0 Å². The van der Waals surface area contributed by atoms with E-state index in [4.69, 9.17) is 0 Å². The molecule has 1 aromatic carbocycles. The van der Waals surface area contributed by atoms with Crippen LogP contribution in [0.1, 0.15) is 15.9 Å². The van der Waals surface area contributed by atoms with Gasteiger partial charge >= 0.3 is 5.97 Å². The highest BCUT2D eigenvalue weighted by atomic mass is 16.6. The molecule has 0 bridgehead atoms. The van der Waals surface area contributed by atoms with Crippen molar-refractivity contribution in [2.24, 2.45) is 0 Å². The van der Waals surface area contributed by atoms with Crippen molar-refractivity contribution in [2.45, 2.75) is 6.92 Å². The van der Waals surface area contributed by atoms with Gasteiger partial charge in [-0.2, -0.15) is 0 Å². The summed E-state index contributed by atoms with van der Waals surface area (Å²) < 4.78 is 0. The first-order valence-corrected chi connectivity index (χ1v) is 6.08. The molecular weight excluding hydrogens is 274 g/mol. The first kappa shape index (κ1) is 14.4. The molecule has 1 aromatic heterocycles. The normalized spacial score (nSPS) is 10.2. The van der Waals surface area contributed by atoms with E-state index in [0.29, 0.717) is 0 Å². The standard InChI is InChI=1S/C14H13N3O4/c1-9-4-3-5-10(6-9)16(2)13-12(14(18)19)7-11(8-15-13)17(20)21/h3-8H,1-2H3,(H,18,19). The van der Waals surface area contributed by atoms with Crippen molar-refractivity contribution in [3.8, 4) is 0 Å². The van der Waals surface area contributed by atoms with Crippen LogP contribution in [0, 0.1) is 17.0 Å². The molecule has 108 valence electrons. The molecule has 1 N–H and O–H groups in total. The van der Waals surface area contributed by atoms with Crippen LogP contribution in [0.3, 0.4) is 0 Å². The van der Waals surface area contributed by atoms with E-state index >= 15 is 0 Å². The van der Waals surface area contributed by atoms with Crippen molar-refractivity contribution in [2.75, 3.05) is 11.9 Å². The summed E-state index contributed by atoms with van der Waals surface area (Å²) in [6, 6.07) is 8.44. The molecule has 0 saturated heterocycles. The second-order valence-corrected chi connectivity index (χ2v) is 4.52. The Morgan fingerprint density at radius 3 is 2.67 bits per heavy atom. The molecule has 7 nitrogen and oxygen atoms in total. The highest BCUT2D eigenvalue weighted by Gasteiger charge is 2.20. The van der Waals surface area contributed by atoms with Crippen molar-refractivity contribution in [3.63, 3.8) is 0 Å². The van der Waals surface area contributed by atoms with Gasteiger partial charge in [-0.25, -0.2) is 9.78 Å². The van der Waals surface area contributed by atoms with Crippen molar-refractivity contribution in [3.05, 3.63) is 57.8 Å². The summed E-state index contributed by atoms with van der Waals surface area (Å²) in [6.45, 7) is 1.92. The van der Waals surface area contributed by atoms with E-state index in [-0.39, 0.29) is 17.1 Å². The van der Waals surface area contributed by atoms with Gasteiger partial charge in [-0.3, -0.25) is 10.1 Å². The zero-order chi connectivity index (χ0) is 15.6. The molecule has 7 heteroatoms. The van der Waals surface area contributed by atoms with Crippen LogP contribution in [0.25, 0.3) is 0 Å². The predicted molar refractivity (Wildman–Crippen MR) is 77.1 cm³/mol. The topological polar surface area (TPSA) is 96.6 Å². The lowest BCUT2D eigenvalue weighted by atomic mass is 10.2. The van der Waals surface area contributed by atoms with E-state index in [1.807, 2.05) is 31.2 Å². The zero-order valence-electron chi connectivity index (χ0n) is 11.5. The van der Waals surface area contributed by atoms with E-state index in [0.717, 1.165) is 23.5 Å². The fourth-order valence-corrected chi connectivity index (χ4v) is 1.93. The molecule has 0 aliphatic rings. The van der Waals surface area contributed by atoms with Crippen LogP contribution in [-0.4, -0.2) is 28.0 Å². The minimum atomic E-state index is -1.26. The highest BCUT2D eigenvalue weighted by molar-refractivity contribution is 5.95. The van der Waals surface area contributed by atoms with E-state index in [2.05, 4.69) is 4.98 Å². The number of benzene rings is 1. The summed E-state index contributed by atoms with van der Waals surface area (Å²) in [6.07, 6.45) is 1.05. The Balaban J connectivity index is 2.52. The Labute approximate surface area is 120 Å². The largest absolute Gasteiger partial charge is 0.478 e. The fourth-order valence-electron chi connectivity index (χ4n) is 1.93. The number of nitro groups is 1. The number of aryl methyl sites for hydroxylation is 1. The van der Waals surface area contributed by atoms with Gasteiger partial charge < -0.3 is 10.0 Å². The molecule has 0 saturated carbocycles. The Kier molecular flexibility index (Phi) is 3.84. The average Bonchev–Trinajstić information content (AvgIpc) is 2.45. The van der Waals surface area contributed by atoms with E-state index < -0.39 is 10.9 Å². The number of hydrogen-bond acceptors (Lipinski definition) is 5. The molecule has 0 fully saturated rings. The zero-order valence-corrected chi connectivity index (χ0v) is 11.5. The maximum Gasteiger partial charge on any atom is 0.339 e. The fraction of sp³-hybridized carbons (Fsp3) is 0.143. The maximum absolute atomic E-state index is 11.3. The molecule has 0 spiro atoms. The number of carbonyl (C=O) groups is 1. The lowest BCUT2D eigenvalue weighted by molar-refractivity contribution is -0.385. The van der Waals surface area contributed by atoms with Gasteiger partial charge in [0.15, 0.2) is 0 Å². The summed E-state index contributed by atoms with van der Waals surface area (Å²) in [4.78, 5) is 26.9. The summed E-state index contributed by atoms with van der Waals surface area (Å²) in [5.74, 6) is -1.11. The number of rotatable bonds is 4. The van der Waals surface area contributed by atoms with E-state index in [1.165, 1.54) is 0 Å². The van der Waals surface area contributed by atoms with Crippen molar-refractivity contribution in [1.29, 1.82) is 0 Å². The average molecular weight is 287 g/mol. The van der Waals surface area contributed by atoms with Crippen LogP contribution in [0.5, 0.6) is 0 Å². The Hall–Kier alpha value is -2.96. The van der Waals surface area contributed by atoms with Crippen LogP contribution < -0.4 is 4.90 Å². The van der Waals surface area contributed by atoms with Crippen molar-refractivity contribution >= 4 is 23.2 Å². The first-order chi connectivity index (χ1) is 9.90. The molecule has 0 aliphatic heterocycles. The SMILES string of the molecule is Cc1cccc(N(C)c2ncc([N+](=O)[O-])cc2C(=O)O)c1. The maximum atomic E-state index is 11.3. The third-order valence-electron chi connectivity index (χ3n) is 3.00. The lowest BCUT2D eigenvalue weighted by Gasteiger charge is -2.20. The van der Waals surface area contributed by atoms with Crippen molar-refractivity contribution < 1.29 is 14.8 Å². The van der Waals surface area contributed by atoms with Crippen LogP contribution in [-0.2, 0) is 0 Å². The lowest BCUT2D eigenvalue weighted by Crippen LogP contribution is -2.16. The summed E-state index contributed by atoms with van der Waals surface area (Å²) >= 11 is 0. The van der Waals surface area contributed by atoms with E-state index in [1.54, 1.807) is 11.9 Å². The molecule has 2 rings (SSSR count). The first-order valence-electron chi connectivity index (χ1n) is 6.08. The summed E-state index contributed by atoms with van der Waals surface area (Å²) in [5.41, 5.74) is 1.19. The third-order valence-corrected chi connectivity index (χ3v) is 3.00. The summed E-state index contributed by atoms with van der Waals surface area (Å²) in [5, 5.41) is 20.0.